The summed E-state index contributed by atoms with van der Waals surface area (Å²) in [7, 11) is 0. The van der Waals surface area contributed by atoms with E-state index in [2.05, 4.69) is 15.3 Å². The third kappa shape index (κ3) is 3.25. The van der Waals surface area contributed by atoms with Crippen molar-refractivity contribution < 1.29 is 9.53 Å². The van der Waals surface area contributed by atoms with Crippen LogP contribution in [0, 0.1) is 17.8 Å². The normalized spacial score (nSPS) is 33.3. The molecule has 2 aliphatic carbocycles. The molecule has 27 heavy (non-hydrogen) atoms. The van der Waals surface area contributed by atoms with Crippen LogP contribution in [0.25, 0.3) is 11.0 Å². The number of benzene rings is 1. The number of carbonyl (C=O) groups excluding carboxylic acids is 1. The Labute approximate surface area is 159 Å². The van der Waals surface area contributed by atoms with Crippen molar-refractivity contribution in [3.8, 4) is 0 Å². The average Bonchev–Trinajstić information content (AvgIpc) is 3.30. The number of imidazole rings is 1. The number of anilines is 1. The second-order valence-electron chi connectivity index (χ2n) is 8.54. The third-order valence-corrected chi connectivity index (χ3v) is 6.79. The van der Waals surface area contributed by atoms with E-state index in [0.29, 0.717) is 17.9 Å². The van der Waals surface area contributed by atoms with E-state index in [9.17, 15) is 4.79 Å². The van der Waals surface area contributed by atoms with Crippen molar-refractivity contribution in [3.63, 3.8) is 0 Å². The number of carbonyl (C=O) groups is 1. The first kappa shape index (κ1) is 17.2. The Morgan fingerprint density at radius 1 is 1.19 bits per heavy atom. The molecule has 2 aromatic rings. The molecule has 3 atom stereocenters. The third-order valence-electron chi connectivity index (χ3n) is 6.79. The molecule has 2 heterocycles. The van der Waals surface area contributed by atoms with Crippen LogP contribution in [-0.4, -0.2) is 28.5 Å². The Hall–Kier alpha value is -1.92. The number of aromatic amines is 1. The molecule has 5 rings (SSSR count). The van der Waals surface area contributed by atoms with Crippen LogP contribution >= 0.6 is 0 Å². The Bertz CT molecular complexity index is 828. The topological polar surface area (TPSA) is 93.0 Å². The van der Waals surface area contributed by atoms with Crippen LogP contribution in [-0.2, 0) is 9.53 Å². The van der Waals surface area contributed by atoms with Crippen molar-refractivity contribution in [3.05, 3.63) is 24.0 Å². The van der Waals surface area contributed by atoms with Crippen molar-refractivity contribution in [2.24, 2.45) is 23.5 Å². The highest BCUT2D eigenvalue weighted by Crippen LogP contribution is 2.42. The first-order chi connectivity index (χ1) is 13.2. The van der Waals surface area contributed by atoms with Gasteiger partial charge in [-0.15, -0.1) is 0 Å². The van der Waals surface area contributed by atoms with Crippen LogP contribution in [0.15, 0.2) is 18.2 Å². The van der Waals surface area contributed by atoms with E-state index in [4.69, 9.17) is 10.5 Å². The number of nitrogens with one attached hydrogen (secondary N) is 2. The number of fused-ring (bicyclic) bond motifs is 3. The Balaban J connectivity index is 1.30. The molecular formula is C21H28N4O2. The summed E-state index contributed by atoms with van der Waals surface area (Å²) in [6.45, 7) is 0.802. The van der Waals surface area contributed by atoms with Gasteiger partial charge in [0.05, 0.1) is 11.0 Å². The molecule has 3 aliphatic rings. The lowest BCUT2D eigenvalue weighted by Gasteiger charge is -2.43. The minimum absolute atomic E-state index is 0.0706. The molecule has 3 fully saturated rings. The van der Waals surface area contributed by atoms with E-state index in [1.54, 1.807) is 0 Å². The molecule has 4 N–H and O–H groups in total. The quantitative estimate of drug-likeness (QED) is 0.773. The highest BCUT2D eigenvalue weighted by molar-refractivity contribution is 5.94. The van der Waals surface area contributed by atoms with E-state index in [1.807, 2.05) is 18.2 Å². The summed E-state index contributed by atoms with van der Waals surface area (Å²) in [6, 6.07) is 6.18. The van der Waals surface area contributed by atoms with Gasteiger partial charge in [-0.05, 0) is 68.6 Å². The SMILES string of the molecule is NC1C2CCCC1CC(C(=O)Nc1ccc3nc(C4CCCO4)[nH]c3c1)C2. The summed E-state index contributed by atoms with van der Waals surface area (Å²) in [5, 5.41) is 3.13. The summed E-state index contributed by atoms with van der Waals surface area (Å²) >= 11 is 0. The molecule has 1 aromatic carbocycles. The number of nitrogens with two attached hydrogens (primary N) is 1. The highest BCUT2D eigenvalue weighted by Gasteiger charge is 2.40. The Morgan fingerprint density at radius 3 is 2.74 bits per heavy atom. The number of aromatic nitrogens is 2. The molecule has 0 spiro atoms. The minimum Gasteiger partial charge on any atom is -0.370 e. The number of H-pyrrole nitrogens is 1. The van der Waals surface area contributed by atoms with Crippen molar-refractivity contribution >= 4 is 22.6 Å². The molecule has 1 saturated heterocycles. The zero-order chi connectivity index (χ0) is 18.4. The fourth-order valence-electron chi connectivity index (χ4n) is 5.30. The van der Waals surface area contributed by atoms with E-state index < -0.39 is 0 Å². The first-order valence-corrected chi connectivity index (χ1v) is 10.3. The van der Waals surface area contributed by atoms with E-state index >= 15 is 0 Å². The second kappa shape index (κ2) is 6.91. The fourth-order valence-corrected chi connectivity index (χ4v) is 5.30. The molecular weight excluding hydrogens is 340 g/mol. The predicted octanol–water partition coefficient (Wildman–Crippen LogP) is 3.51. The Kier molecular flexibility index (Phi) is 4.40. The molecule has 1 aliphatic heterocycles. The minimum atomic E-state index is 0.0706. The standard InChI is InChI=1S/C21H28N4O2/c22-19-12-3-1-4-13(19)10-14(9-12)21(26)23-15-6-7-16-17(11-15)25-20(24-16)18-5-2-8-27-18/h6-7,11-14,18-19H,1-5,8-10,22H2,(H,23,26)(H,24,25). The molecule has 2 bridgehead atoms. The van der Waals surface area contributed by atoms with Gasteiger partial charge in [0, 0.05) is 24.3 Å². The summed E-state index contributed by atoms with van der Waals surface area (Å²) in [5.41, 5.74) is 9.05. The van der Waals surface area contributed by atoms with Gasteiger partial charge < -0.3 is 20.8 Å². The maximum atomic E-state index is 12.9. The van der Waals surface area contributed by atoms with Crippen LogP contribution in [0.3, 0.4) is 0 Å². The molecule has 1 amide bonds. The molecule has 6 nitrogen and oxygen atoms in total. The lowest BCUT2D eigenvalue weighted by atomic mass is 9.65. The van der Waals surface area contributed by atoms with Gasteiger partial charge in [0.1, 0.15) is 11.9 Å². The predicted molar refractivity (Wildman–Crippen MR) is 104 cm³/mol. The smallest absolute Gasteiger partial charge is 0.227 e. The fraction of sp³-hybridized carbons (Fsp3) is 0.619. The van der Waals surface area contributed by atoms with Gasteiger partial charge in [0.2, 0.25) is 5.91 Å². The first-order valence-electron chi connectivity index (χ1n) is 10.3. The Morgan fingerprint density at radius 2 is 2.00 bits per heavy atom. The van der Waals surface area contributed by atoms with Crippen molar-refractivity contribution in [2.75, 3.05) is 11.9 Å². The summed E-state index contributed by atoms with van der Waals surface area (Å²) in [5.74, 6) is 2.13. The number of amides is 1. The summed E-state index contributed by atoms with van der Waals surface area (Å²) in [4.78, 5) is 20.9. The number of ether oxygens (including phenoxy) is 1. The number of hydrogen-bond donors (Lipinski definition) is 3. The summed E-state index contributed by atoms with van der Waals surface area (Å²) in [6.07, 6.45) is 7.63. The zero-order valence-corrected chi connectivity index (χ0v) is 15.6. The van der Waals surface area contributed by atoms with Crippen LogP contribution in [0.2, 0.25) is 0 Å². The molecule has 0 radical (unpaired) electrons. The lowest BCUT2D eigenvalue weighted by Crippen LogP contribution is -2.48. The molecule has 3 unspecified atom stereocenters. The average molecular weight is 368 g/mol. The van der Waals surface area contributed by atoms with Gasteiger partial charge in [-0.2, -0.15) is 0 Å². The van der Waals surface area contributed by atoms with Crippen LogP contribution < -0.4 is 11.1 Å². The van der Waals surface area contributed by atoms with Gasteiger partial charge in [-0.3, -0.25) is 4.79 Å². The van der Waals surface area contributed by atoms with Crippen molar-refractivity contribution in [1.29, 1.82) is 0 Å². The van der Waals surface area contributed by atoms with Gasteiger partial charge in [-0.1, -0.05) is 6.42 Å². The number of rotatable bonds is 3. The van der Waals surface area contributed by atoms with Gasteiger partial charge in [-0.25, -0.2) is 4.98 Å². The van der Waals surface area contributed by atoms with E-state index in [1.165, 1.54) is 19.3 Å². The molecule has 6 heteroatoms. The van der Waals surface area contributed by atoms with Gasteiger partial charge in [0.25, 0.3) is 0 Å². The van der Waals surface area contributed by atoms with Crippen LogP contribution in [0.4, 0.5) is 5.69 Å². The summed E-state index contributed by atoms with van der Waals surface area (Å²) < 4.78 is 5.71. The van der Waals surface area contributed by atoms with Crippen molar-refractivity contribution in [1.82, 2.24) is 9.97 Å². The van der Waals surface area contributed by atoms with Gasteiger partial charge >= 0.3 is 0 Å². The maximum absolute atomic E-state index is 12.9. The molecule has 144 valence electrons. The van der Waals surface area contributed by atoms with E-state index in [0.717, 1.165) is 54.8 Å². The highest BCUT2D eigenvalue weighted by atomic mass is 16.5. The number of hydrogen-bond acceptors (Lipinski definition) is 4. The largest absolute Gasteiger partial charge is 0.370 e. The lowest BCUT2D eigenvalue weighted by molar-refractivity contribution is -0.122. The van der Waals surface area contributed by atoms with Crippen LogP contribution in [0.1, 0.15) is 56.9 Å². The zero-order valence-electron chi connectivity index (χ0n) is 15.6. The van der Waals surface area contributed by atoms with Gasteiger partial charge in [0.15, 0.2) is 0 Å². The second-order valence-corrected chi connectivity index (χ2v) is 8.54. The molecule has 1 aromatic heterocycles. The monoisotopic (exact) mass is 368 g/mol. The van der Waals surface area contributed by atoms with Crippen molar-refractivity contribution in [2.45, 2.75) is 57.1 Å². The molecule has 2 saturated carbocycles. The van der Waals surface area contributed by atoms with Crippen LogP contribution in [0.5, 0.6) is 0 Å². The van der Waals surface area contributed by atoms with E-state index in [-0.39, 0.29) is 17.9 Å². The number of nitrogens with zero attached hydrogens (tertiary/aromatic N) is 1. The maximum Gasteiger partial charge on any atom is 0.227 e.